The Kier molecular flexibility index (Phi) is 11.2. The van der Waals surface area contributed by atoms with Crippen molar-refractivity contribution in [2.24, 2.45) is 5.92 Å². The first-order chi connectivity index (χ1) is 17.5. The highest BCUT2D eigenvalue weighted by molar-refractivity contribution is 14.1. The maximum absolute atomic E-state index is 12.9. The zero-order valence-electron chi connectivity index (χ0n) is 21.1. The van der Waals surface area contributed by atoms with Gasteiger partial charge in [0, 0.05) is 12.5 Å². The van der Waals surface area contributed by atoms with Crippen molar-refractivity contribution >= 4 is 28.6 Å². The second-order valence-electron chi connectivity index (χ2n) is 8.76. The fourth-order valence-corrected chi connectivity index (χ4v) is 4.26. The molecule has 2 atom stereocenters. The van der Waals surface area contributed by atoms with Gasteiger partial charge in [-0.3, -0.25) is 4.79 Å². The van der Waals surface area contributed by atoms with Gasteiger partial charge in [-0.15, -0.1) is 11.8 Å². The Hall–Kier alpha value is -2.98. The fourth-order valence-electron chi connectivity index (χ4n) is 3.60. The number of halogens is 1. The lowest BCUT2D eigenvalue weighted by atomic mass is 10.00. The van der Waals surface area contributed by atoms with E-state index in [2.05, 4.69) is 41.4 Å². The number of hydrogen-bond acceptors (Lipinski definition) is 4. The molecular weight excluding hydrogens is 563 g/mol. The van der Waals surface area contributed by atoms with Crippen LogP contribution in [0, 0.1) is 21.3 Å². The van der Waals surface area contributed by atoms with Crippen molar-refractivity contribution in [1.29, 1.82) is 0 Å². The van der Waals surface area contributed by atoms with Gasteiger partial charge in [0.25, 0.3) is 0 Å². The number of esters is 1. The minimum absolute atomic E-state index is 0.147. The summed E-state index contributed by atoms with van der Waals surface area (Å²) in [4.78, 5) is 12.9. The van der Waals surface area contributed by atoms with Crippen molar-refractivity contribution in [3.8, 4) is 23.3 Å². The normalized spacial score (nSPS) is 12.1. The Morgan fingerprint density at radius 1 is 0.917 bits per heavy atom. The molecule has 0 amide bonds. The summed E-state index contributed by atoms with van der Waals surface area (Å²) in [5.74, 6) is 7.31. The third-order valence-electron chi connectivity index (χ3n) is 5.93. The van der Waals surface area contributed by atoms with Crippen LogP contribution in [0.1, 0.15) is 50.3 Å². The molecule has 0 bridgehead atoms. The number of benzene rings is 3. The highest BCUT2D eigenvalue weighted by Crippen LogP contribution is 2.32. The van der Waals surface area contributed by atoms with E-state index in [0.29, 0.717) is 24.7 Å². The predicted octanol–water partition coefficient (Wildman–Crippen LogP) is 7.36. The largest absolute Gasteiger partial charge is 0.489 e. The van der Waals surface area contributed by atoms with E-state index in [9.17, 15) is 4.79 Å². The monoisotopic (exact) mass is 596 g/mol. The van der Waals surface area contributed by atoms with Gasteiger partial charge < -0.3 is 14.2 Å². The van der Waals surface area contributed by atoms with Crippen molar-refractivity contribution in [3.05, 3.63) is 93.1 Å². The van der Waals surface area contributed by atoms with Gasteiger partial charge in [0.2, 0.25) is 0 Å². The zero-order chi connectivity index (χ0) is 25.8. The van der Waals surface area contributed by atoms with E-state index in [4.69, 9.17) is 14.2 Å². The summed E-state index contributed by atoms with van der Waals surface area (Å²) in [6.45, 7) is 6.73. The lowest BCUT2D eigenvalue weighted by Crippen LogP contribution is -2.23. The minimum Gasteiger partial charge on any atom is -0.489 e. The van der Waals surface area contributed by atoms with Crippen LogP contribution in [0.2, 0.25) is 0 Å². The molecule has 3 aromatic rings. The Balaban J connectivity index is 1.73. The number of carbonyl (C=O) groups excluding carboxylic acids is 1. The highest BCUT2D eigenvalue weighted by Gasteiger charge is 2.19. The lowest BCUT2D eigenvalue weighted by Gasteiger charge is -2.20. The zero-order valence-corrected chi connectivity index (χ0v) is 23.3. The first-order valence-electron chi connectivity index (χ1n) is 12.2. The van der Waals surface area contributed by atoms with Crippen LogP contribution in [0.5, 0.6) is 11.5 Å². The van der Waals surface area contributed by atoms with Crippen LogP contribution in [0.3, 0.4) is 0 Å². The summed E-state index contributed by atoms with van der Waals surface area (Å²) in [5, 5.41) is 0. The second-order valence-corrected chi connectivity index (χ2v) is 9.84. The van der Waals surface area contributed by atoms with Gasteiger partial charge in [-0.2, -0.15) is 0 Å². The molecule has 0 saturated carbocycles. The predicted molar refractivity (Wildman–Crippen MR) is 152 cm³/mol. The van der Waals surface area contributed by atoms with Crippen molar-refractivity contribution in [2.45, 2.75) is 59.4 Å². The van der Waals surface area contributed by atoms with E-state index in [-0.39, 0.29) is 24.4 Å². The third-order valence-corrected chi connectivity index (χ3v) is 7.15. The maximum Gasteiger partial charge on any atom is 0.310 e. The summed E-state index contributed by atoms with van der Waals surface area (Å²) in [6.07, 6.45) is 1.67. The van der Waals surface area contributed by atoms with Gasteiger partial charge in [-0.1, -0.05) is 67.6 Å². The molecule has 0 radical (unpaired) electrons. The Labute approximate surface area is 228 Å². The van der Waals surface area contributed by atoms with Gasteiger partial charge in [-0.25, -0.2) is 0 Å². The molecule has 0 fully saturated rings. The summed E-state index contributed by atoms with van der Waals surface area (Å²) in [7, 11) is 0. The number of hydrogen-bond donors (Lipinski definition) is 0. The Morgan fingerprint density at radius 2 is 1.53 bits per heavy atom. The summed E-state index contributed by atoms with van der Waals surface area (Å²) >= 11 is 2.24. The first-order valence-corrected chi connectivity index (χ1v) is 13.3. The van der Waals surface area contributed by atoms with E-state index in [1.54, 1.807) is 0 Å². The third kappa shape index (κ3) is 8.91. The molecule has 0 saturated heterocycles. The SMILES string of the molecule is CC#CCC[C@H](C)[C@H](C)OC(=O)Cc1cc(OCc2ccccc2)cc(OCc2ccccc2)c1I. The first kappa shape index (κ1) is 27.6. The molecule has 4 nitrogen and oxygen atoms in total. The Bertz CT molecular complexity index is 1170. The summed E-state index contributed by atoms with van der Waals surface area (Å²) in [6, 6.07) is 23.8. The standard InChI is InChI=1S/C31H33IO4/c1-4-5-8-13-23(2)24(3)36-30(33)19-27-18-28(34-21-25-14-9-6-10-15-25)20-29(31(27)32)35-22-26-16-11-7-12-17-26/h6-7,9-12,14-18,20,23-24H,8,13,19,21-22H2,1-3H3/t23-,24-/m0/s1. The molecule has 0 heterocycles. The molecule has 36 heavy (non-hydrogen) atoms. The molecule has 0 aromatic heterocycles. The molecule has 0 unspecified atom stereocenters. The molecule has 0 N–H and O–H groups in total. The van der Waals surface area contributed by atoms with Gasteiger partial charge in [0.15, 0.2) is 0 Å². The summed E-state index contributed by atoms with van der Waals surface area (Å²) in [5.41, 5.74) is 2.96. The molecule has 0 spiro atoms. The minimum atomic E-state index is -0.261. The van der Waals surface area contributed by atoms with E-state index in [0.717, 1.165) is 33.1 Å². The quantitative estimate of drug-likeness (QED) is 0.125. The second kappa shape index (κ2) is 14.5. The van der Waals surface area contributed by atoms with Crippen LogP contribution in [-0.2, 0) is 29.2 Å². The molecule has 0 aliphatic carbocycles. The smallest absolute Gasteiger partial charge is 0.310 e. The van der Waals surface area contributed by atoms with E-state index in [1.165, 1.54) is 0 Å². The topological polar surface area (TPSA) is 44.8 Å². The van der Waals surface area contributed by atoms with Crippen molar-refractivity contribution in [1.82, 2.24) is 0 Å². The fraction of sp³-hybridized carbons (Fsp3) is 0.323. The Morgan fingerprint density at radius 3 is 2.14 bits per heavy atom. The van der Waals surface area contributed by atoms with E-state index < -0.39 is 0 Å². The molecule has 3 rings (SSSR count). The van der Waals surface area contributed by atoms with Gasteiger partial charge >= 0.3 is 5.97 Å². The lowest BCUT2D eigenvalue weighted by molar-refractivity contribution is -0.149. The number of carbonyl (C=O) groups is 1. The molecule has 0 aliphatic heterocycles. The molecule has 188 valence electrons. The van der Waals surface area contributed by atoms with Crippen LogP contribution in [0.25, 0.3) is 0 Å². The average molecular weight is 597 g/mol. The van der Waals surface area contributed by atoms with Crippen LogP contribution in [-0.4, -0.2) is 12.1 Å². The summed E-state index contributed by atoms with van der Waals surface area (Å²) < 4.78 is 18.9. The molecule has 5 heteroatoms. The number of rotatable bonds is 12. The molecule has 3 aromatic carbocycles. The van der Waals surface area contributed by atoms with E-state index >= 15 is 0 Å². The van der Waals surface area contributed by atoms with Gasteiger partial charge in [0.1, 0.15) is 30.8 Å². The van der Waals surface area contributed by atoms with Gasteiger partial charge in [0.05, 0.1) is 9.99 Å². The van der Waals surface area contributed by atoms with Crippen molar-refractivity contribution in [2.75, 3.05) is 0 Å². The van der Waals surface area contributed by atoms with Crippen molar-refractivity contribution in [3.63, 3.8) is 0 Å². The average Bonchev–Trinajstić information content (AvgIpc) is 2.89. The molecule has 0 aliphatic rings. The molecular formula is C31H33IO4. The van der Waals surface area contributed by atoms with Crippen LogP contribution < -0.4 is 9.47 Å². The van der Waals surface area contributed by atoms with Crippen LogP contribution in [0.15, 0.2) is 72.8 Å². The number of ether oxygens (including phenoxy) is 3. The maximum atomic E-state index is 12.9. The van der Waals surface area contributed by atoms with E-state index in [1.807, 2.05) is 86.6 Å². The van der Waals surface area contributed by atoms with Gasteiger partial charge in [-0.05, 0) is 71.5 Å². The van der Waals surface area contributed by atoms with Crippen LogP contribution in [0.4, 0.5) is 0 Å². The van der Waals surface area contributed by atoms with Crippen molar-refractivity contribution < 1.29 is 19.0 Å². The highest BCUT2D eigenvalue weighted by atomic mass is 127. The van der Waals surface area contributed by atoms with Crippen LogP contribution >= 0.6 is 22.6 Å².